The minimum Gasteiger partial charge on any atom is -0.357 e. The van der Waals surface area contributed by atoms with Gasteiger partial charge in [0, 0.05) is 38.8 Å². The lowest BCUT2D eigenvalue weighted by Gasteiger charge is -2.12. The summed E-state index contributed by atoms with van der Waals surface area (Å²) >= 11 is 0. The van der Waals surface area contributed by atoms with Gasteiger partial charge in [0.15, 0.2) is 5.96 Å². The van der Waals surface area contributed by atoms with Crippen LogP contribution in [0.2, 0.25) is 0 Å². The van der Waals surface area contributed by atoms with E-state index in [0.717, 1.165) is 11.6 Å². The minimum absolute atomic E-state index is 0. The number of benzene rings is 2. The van der Waals surface area contributed by atoms with Crippen LogP contribution in [0.4, 0.5) is 8.78 Å². The number of nitrogens with one attached hydrogen (secondary N) is 2. The summed E-state index contributed by atoms with van der Waals surface area (Å²) in [5.74, 6) is -0.579. The van der Waals surface area contributed by atoms with Crippen molar-refractivity contribution < 1.29 is 13.6 Å². The monoisotopic (exact) mass is 516 g/mol. The van der Waals surface area contributed by atoms with E-state index in [2.05, 4.69) is 15.6 Å². The molecule has 29 heavy (non-hydrogen) atoms. The van der Waals surface area contributed by atoms with Crippen molar-refractivity contribution in [3.05, 3.63) is 70.8 Å². The van der Waals surface area contributed by atoms with E-state index in [1.54, 1.807) is 26.2 Å². The van der Waals surface area contributed by atoms with Gasteiger partial charge in [-0.3, -0.25) is 4.79 Å². The zero-order chi connectivity index (χ0) is 20.5. The van der Waals surface area contributed by atoms with Gasteiger partial charge < -0.3 is 15.5 Å². The van der Waals surface area contributed by atoms with Gasteiger partial charge in [-0.15, -0.1) is 24.0 Å². The lowest BCUT2D eigenvalue weighted by Crippen LogP contribution is -2.38. The summed E-state index contributed by atoms with van der Waals surface area (Å²) in [7, 11) is 3.43. The standard InChI is InChI=1S/C21H26F2N4O.HI/c1-4-24-21(25-10-9-16-11-18(22)13-19(23)12-16)26-14-15-5-7-17(8-6-15)20(28)27(2)3;/h5-8,11-13H,4,9-10,14H2,1-3H3,(H2,24,25,26);1H. The van der Waals surface area contributed by atoms with Gasteiger partial charge in [0.05, 0.1) is 6.54 Å². The lowest BCUT2D eigenvalue weighted by atomic mass is 10.1. The first kappa shape index (κ1) is 24.8. The molecule has 0 aliphatic carbocycles. The van der Waals surface area contributed by atoms with E-state index in [1.165, 1.54) is 17.0 Å². The highest BCUT2D eigenvalue weighted by atomic mass is 127. The van der Waals surface area contributed by atoms with Crippen LogP contribution in [0.5, 0.6) is 0 Å². The Bertz CT molecular complexity index is 806. The maximum atomic E-state index is 13.2. The molecule has 0 spiro atoms. The first-order valence-corrected chi connectivity index (χ1v) is 9.16. The summed E-state index contributed by atoms with van der Waals surface area (Å²) in [6.07, 6.45) is 0.473. The van der Waals surface area contributed by atoms with Crippen molar-refractivity contribution in [2.24, 2.45) is 4.99 Å². The van der Waals surface area contributed by atoms with Crippen LogP contribution < -0.4 is 10.6 Å². The van der Waals surface area contributed by atoms with E-state index in [4.69, 9.17) is 0 Å². The number of aliphatic imine (C=N–C) groups is 1. The highest BCUT2D eigenvalue weighted by Gasteiger charge is 2.07. The molecule has 1 amide bonds. The third-order valence-electron chi connectivity index (χ3n) is 4.00. The molecule has 0 bridgehead atoms. The third-order valence-corrected chi connectivity index (χ3v) is 4.00. The SMILES string of the molecule is CCNC(=NCc1ccc(C(=O)N(C)C)cc1)NCCc1cc(F)cc(F)c1.I. The largest absolute Gasteiger partial charge is 0.357 e. The van der Waals surface area contributed by atoms with Crippen LogP contribution in [0.15, 0.2) is 47.5 Å². The van der Waals surface area contributed by atoms with Crippen molar-refractivity contribution in [1.82, 2.24) is 15.5 Å². The Morgan fingerprint density at radius 2 is 1.62 bits per heavy atom. The van der Waals surface area contributed by atoms with Crippen LogP contribution in [-0.4, -0.2) is 44.0 Å². The van der Waals surface area contributed by atoms with Crippen molar-refractivity contribution >= 4 is 35.8 Å². The maximum Gasteiger partial charge on any atom is 0.253 e. The second-order valence-electron chi connectivity index (χ2n) is 6.55. The summed E-state index contributed by atoms with van der Waals surface area (Å²) in [6, 6.07) is 10.8. The second kappa shape index (κ2) is 12.4. The fourth-order valence-electron chi connectivity index (χ4n) is 2.60. The zero-order valence-corrected chi connectivity index (χ0v) is 19.2. The first-order chi connectivity index (χ1) is 13.4. The molecule has 0 aromatic heterocycles. The van der Waals surface area contributed by atoms with Gasteiger partial charge in [0.2, 0.25) is 0 Å². The molecule has 8 heteroatoms. The molecule has 2 rings (SSSR count). The van der Waals surface area contributed by atoms with E-state index >= 15 is 0 Å². The molecule has 5 nitrogen and oxygen atoms in total. The van der Waals surface area contributed by atoms with Gasteiger partial charge in [0.1, 0.15) is 11.6 Å². The number of amides is 1. The van der Waals surface area contributed by atoms with Crippen molar-refractivity contribution in [3.8, 4) is 0 Å². The second-order valence-corrected chi connectivity index (χ2v) is 6.55. The summed E-state index contributed by atoms with van der Waals surface area (Å²) in [5.41, 5.74) is 2.19. The Labute approximate surface area is 187 Å². The van der Waals surface area contributed by atoms with E-state index in [-0.39, 0.29) is 29.9 Å². The van der Waals surface area contributed by atoms with Crippen molar-refractivity contribution in [2.75, 3.05) is 27.2 Å². The summed E-state index contributed by atoms with van der Waals surface area (Å²) in [5, 5.41) is 6.29. The number of halogens is 3. The van der Waals surface area contributed by atoms with Gasteiger partial charge in [-0.05, 0) is 48.7 Å². The number of guanidine groups is 1. The van der Waals surface area contributed by atoms with Crippen molar-refractivity contribution in [2.45, 2.75) is 19.9 Å². The lowest BCUT2D eigenvalue weighted by molar-refractivity contribution is 0.0827. The molecular weight excluding hydrogens is 489 g/mol. The Morgan fingerprint density at radius 3 is 2.17 bits per heavy atom. The van der Waals surface area contributed by atoms with Crippen LogP contribution in [0.1, 0.15) is 28.4 Å². The molecule has 0 aliphatic rings. The predicted molar refractivity (Wildman–Crippen MR) is 123 cm³/mol. The first-order valence-electron chi connectivity index (χ1n) is 9.16. The van der Waals surface area contributed by atoms with Crippen LogP contribution >= 0.6 is 24.0 Å². The van der Waals surface area contributed by atoms with E-state index in [1.807, 2.05) is 19.1 Å². The number of carbonyl (C=O) groups is 1. The molecule has 0 radical (unpaired) electrons. The molecule has 2 N–H and O–H groups in total. The fourth-order valence-corrected chi connectivity index (χ4v) is 2.60. The van der Waals surface area contributed by atoms with Crippen LogP contribution in [-0.2, 0) is 13.0 Å². The molecule has 0 atom stereocenters. The Morgan fingerprint density at radius 1 is 1.00 bits per heavy atom. The fraction of sp³-hybridized carbons (Fsp3) is 0.333. The summed E-state index contributed by atoms with van der Waals surface area (Å²) in [6.45, 7) is 3.59. The molecule has 2 aromatic rings. The van der Waals surface area contributed by atoms with E-state index in [0.29, 0.717) is 43.1 Å². The molecular formula is C21H27F2IN4O. The molecule has 0 heterocycles. The molecule has 0 unspecified atom stereocenters. The molecule has 0 saturated heterocycles. The Kier molecular flexibility index (Phi) is 10.6. The smallest absolute Gasteiger partial charge is 0.253 e. The van der Waals surface area contributed by atoms with Gasteiger partial charge in [-0.2, -0.15) is 0 Å². The Hall–Kier alpha value is -2.23. The molecule has 0 fully saturated rings. The summed E-state index contributed by atoms with van der Waals surface area (Å²) < 4.78 is 26.5. The van der Waals surface area contributed by atoms with Crippen LogP contribution in [0, 0.1) is 11.6 Å². The molecule has 158 valence electrons. The predicted octanol–water partition coefficient (Wildman–Crippen LogP) is 3.58. The average Bonchev–Trinajstić information content (AvgIpc) is 2.65. The molecule has 2 aromatic carbocycles. The zero-order valence-electron chi connectivity index (χ0n) is 16.8. The number of carbonyl (C=O) groups excluding carboxylic acids is 1. The number of rotatable bonds is 7. The minimum atomic E-state index is -0.577. The van der Waals surface area contributed by atoms with Gasteiger partial charge in [-0.25, -0.2) is 13.8 Å². The summed E-state index contributed by atoms with van der Waals surface area (Å²) in [4.78, 5) is 18.0. The quantitative estimate of drug-likeness (QED) is 0.336. The number of hydrogen-bond donors (Lipinski definition) is 2. The van der Waals surface area contributed by atoms with E-state index < -0.39 is 11.6 Å². The van der Waals surface area contributed by atoms with Gasteiger partial charge in [-0.1, -0.05) is 12.1 Å². The average molecular weight is 516 g/mol. The number of nitrogens with zero attached hydrogens (tertiary/aromatic N) is 2. The maximum absolute atomic E-state index is 13.2. The van der Waals surface area contributed by atoms with Gasteiger partial charge >= 0.3 is 0 Å². The molecule has 0 saturated carbocycles. The van der Waals surface area contributed by atoms with Crippen LogP contribution in [0.25, 0.3) is 0 Å². The topological polar surface area (TPSA) is 56.7 Å². The third kappa shape index (κ3) is 8.35. The highest BCUT2D eigenvalue weighted by molar-refractivity contribution is 14.0. The van der Waals surface area contributed by atoms with Crippen molar-refractivity contribution in [1.29, 1.82) is 0 Å². The van der Waals surface area contributed by atoms with Crippen LogP contribution in [0.3, 0.4) is 0 Å². The normalized spacial score (nSPS) is 10.9. The van der Waals surface area contributed by atoms with E-state index in [9.17, 15) is 13.6 Å². The molecule has 0 aliphatic heterocycles. The van der Waals surface area contributed by atoms with Crippen molar-refractivity contribution in [3.63, 3.8) is 0 Å². The highest BCUT2D eigenvalue weighted by Crippen LogP contribution is 2.09. The Balaban J connectivity index is 0.00000420. The van der Waals surface area contributed by atoms with Gasteiger partial charge in [0.25, 0.3) is 5.91 Å². The number of hydrogen-bond acceptors (Lipinski definition) is 2.